The Morgan fingerprint density at radius 1 is 0.917 bits per heavy atom. The van der Waals surface area contributed by atoms with Gasteiger partial charge in [0.2, 0.25) is 0 Å². The van der Waals surface area contributed by atoms with Crippen molar-refractivity contribution in [3.8, 4) is 6.07 Å². The number of amides is 1. The van der Waals surface area contributed by atoms with Crippen molar-refractivity contribution in [1.29, 1.82) is 5.26 Å². The largest absolute Gasteiger partial charge is 0.354 e. The molecule has 0 aliphatic heterocycles. The number of hydrogen-bond donors (Lipinski definition) is 2. The van der Waals surface area contributed by atoms with Gasteiger partial charge in [-0.2, -0.15) is 5.26 Å². The Kier molecular flexibility index (Phi) is 4.50. The maximum atomic E-state index is 12.2. The molecule has 116 valence electrons. The summed E-state index contributed by atoms with van der Waals surface area (Å²) in [6.07, 6.45) is 1.60. The summed E-state index contributed by atoms with van der Waals surface area (Å²) in [6.45, 7) is 0. The minimum Gasteiger partial charge on any atom is -0.354 e. The number of nitrogens with zero attached hydrogens (tertiary/aromatic N) is 2. The van der Waals surface area contributed by atoms with Crippen LogP contribution in [0, 0.1) is 11.3 Å². The van der Waals surface area contributed by atoms with Crippen molar-refractivity contribution in [2.75, 3.05) is 10.6 Å². The van der Waals surface area contributed by atoms with Crippen molar-refractivity contribution in [3.05, 3.63) is 84.2 Å². The topological polar surface area (TPSA) is 77.8 Å². The van der Waals surface area contributed by atoms with Crippen LogP contribution in [0.3, 0.4) is 0 Å². The van der Waals surface area contributed by atoms with Gasteiger partial charge in [0, 0.05) is 11.4 Å². The molecule has 24 heavy (non-hydrogen) atoms. The summed E-state index contributed by atoms with van der Waals surface area (Å²) in [5.41, 5.74) is 3.10. The number of pyridine rings is 1. The van der Waals surface area contributed by atoms with Crippen molar-refractivity contribution in [2.45, 2.75) is 0 Å². The third kappa shape index (κ3) is 3.76. The van der Waals surface area contributed by atoms with Gasteiger partial charge in [-0.3, -0.25) is 4.79 Å². The lowest BCUT2D eigenvalue weighted by Gasteiger charge is -2.07. The molecule has 2 N–H and O–H groups in total. The second-order valence-electron chi connectivity index (χ2n) is 5.07. The van der Waals surface area contributed by atoms with Gasteiger partial charge in [0.05, 0.1) is 23.5 Å². The molecule has 0 fully saturated rings. The van der Waals surface area contributed by atoms with Crippen LogP contribution in [-0.4, -0.2) is 10.9 Å². The average molecular weight is 314 g/mol. The normalized spacial score (nSPS) is 9.79. The first-order chi connectivity index (χ1) is 11.7. The van der Waals surface area contributed by atoms with E-state index < -0.39 is 0 Å². The number of para-hydroxylation sites is 1. The fraction of sp³-hybridized carbons (Fsp3) is 0. The van der Waals surface area contributed by atoms with E-state index >= 15 is 0 Å². The number of anilines is 3. The van der Waals surface area contributed by atoms with Gasteiger partial charge in [0.25, 0.3) is 5.91 Å². The van der Waals surface area contributed by atoms with Crippen molar-refractivity contribution in [3.63, 3.8) is 0 Å². The number of carbonyl (C=O) groups excluding carboxylic acids is 1. The van der Waals surface area contributed by atoms with E-state index in [1.807, 2.05) is 36.4 Å². The fourth-order valence-electron chi connectivity index (χ4n) is 2.15. The Balaban J connectivity index is 1.68. The van der Waals surface area contributed by atoms with Crippen LogP contribution in [0.15, 0.2) is 72.9 Å². The highest BCUT2D eigenvalue weighted by atomic mass is 16.1. The molecule has 0 radical (unpaired) electrons. The SMILES string of the molecule is N#Cc1cccc(NC(=O)c2ccc(Nc3ccccc3)cn2)c1. The van der Waals surface area contributed by atoms with Gasteiger partial charge in [0.15, 0.2) is 0 Å². The number of carbonyl (C=O) groups is 1. The first-order valence-electron chi connectivity index (χ1n) is 7.34. The van der Waals surface area contributed by atoms with E-state index in [1.54, 1.807) is 42.6 Å². The highest BCUT2D eigenvalue weighted by Crippen LogP contribution is 2.16. The number of nitrogens with one attached hydrogen (secondary N) is 2. The van der Waals surface area contributed by atoms with Crippen LogP contribution in [0.4, 0.5) is 17.1 Å². The van der Waals surface area contributed by atoms with E-state index in [4.69, 9.17) is 5.26 Å². The highest BCUT2D eigenvalue weighted by molar-refractivity contribution is 6.03. The van der Waals surface area contributed by atoms with E-state index in [0.717, 1.165) is 11.4 Å². The lowest BCUT2D eigenvalue weighted by Crippen LogP contribution is -2.13. The first-order valence-corrected chi connectivity index (χ1v) is 7.34. The van der Waals surface area contributed by atoms with E-state index in [1.165, 1.54) is 0 Å². The lowest BCUT2D eigenvalue weighted by molar-refractivity contribution is 0.102. The number of rotatable bonds is 4. The smallest absolute Gasteiger partial charge is 0.274 e. The van der Waals surface area contributed by atoms with Crippen molar-refractivity contribution in [1.82, 2.24) is 4.98 Å². The summed E-state index contributed by atoms with van der Waals surface area (Å²) >= 11 is 0. The van der Waals surface area contributed by atoms with Gasteiger partial charge < -0.3 is 10.6 Å². The molecule has 5 nitrogen and oxygen atoms in total. The Hall–Kier alpha value is -3.65. The van der Waals surface area contributed by atoms with Gasteiger partial charge in [-0.05, 0) is 42.5 Å². The number of hydrogen-bond acceptors (Lipinski definition) is 4. The zero-order chi connectivity index (χ0) is 16.8. The van der Waals surface area contributed by atoms with Crippen LogP contribution in [0.2, 0.25) is 0 Å². The van der Waals surface area contributed by atoms with Gasteiger partial charge >= 0.3 is 0 Å². The maximum absolute atomic E-state index is 12.2. The molecule has 0 saturated carbocycles. The zero-order valence-electron chi connectivity index (χ0n) is 12.7. The van der Waals surface area contributed by atoms with Gasteiger partial charge in [-0.15, -0.1) is 0 Å². The minimum atomic E-state index is -0.323. The predicted molar refractivity (Wildman–Crippen MR) is 93.1 cm³/mol. The Labute approximate surface area is 139 Å². The van der Waals surface area contributed by atoms with Gasteiger partial charge in [-0.1, -0.05) is 24.3 Å². The summed E-state index contributed by atoms with van der Waals surface area (Å²) in [5.74, 6) is -0.323. The van der Waals surface area contributed by atoms with Crippen molar-refractivity contribution < 1.29 is 4.79 Å². The second-order valence-corrected chi connectivity index (χ2v) is 5.07. The maximum Gasteiger partial charge on any atom is 0.274 e. The molecule has 0 aliphatic carbocycles. The molecule has 1 amide bonds. The standard InChI is InChI=1S/C19H14N4O/c20-12-14-5-4-8-16(11-14)23-19(24)18-10-9-17(13-21-18)22-15-6-2-1-3-7-15/h1-11,13,22H,(H,23,24). The molecule has 1 aromatic heterocycles. The summed E-state index contributed by atoms with van der Waals surface area (Å²) in [7, 11) is 0. The zero-order valence-corrected chi connectivity index (χ0v) is 12.7. The first kappa shape index (κ1) is 15.3. The van der Waals surface area contributed by atoms with Crippen LogP contribution in [0.5, 0.6) is 0 Å². The van der Waals surface area contributed by atoms with Crippen LogP contribution in [-0.2, 0) is 0 Å². The molecular weight excluding hydrogens is 300 g/mol. The molecule has 2 aromatic carbocycles. The van der Waals surface area contributed by atoms with Crippen LogP contribution in [0.1, 0.15) is 16.1 Å². The Morgan fingerprint density at radius 2 is 1.71 bits per heavy atom. The summed E-state index contributed by atoms with van der Waals surface area (Å²) in [6, 6.07) is 21.9. The number of benzene rings is 2. The molecule has 3 rings (SSSR count). The van der Waals surface area contributed by atoms with Gasteiger partial charge in [0.1, 0.15) is 5.69 Å². The third-order valence-corrected chi connectivity index (χ3v) is 3.31. The molecular formula is C19H14N4O. The van der Waals surface area contributed by atoms with Crippen molar-refractivity contribution >= 4 is 23.0 Å². The summed E-state index contributed by atoms with van der Waals surface area (Å²) in [4.78, 5) is 16.4. The Morgan fingerprint density at radius 3 is 2.42 bits per heavy atom. The predicted octanol–water partition coefficient (Wildman–Crippen LogP) is 3.95. The third-order valence-electron chi connectivity index (χ3n) is 3.31. The van der Waals surface area contributed by atoms with E-state index in [2.05, 4.69) is 15.6 Å². The molecule has 3 aromatic rings. The monoisotopic (exact) mass is 314 g/mol. The molecule has 0 aliphatic rings. The lowest BCUT2D eigenvalue weighted by atomic mass is 10.2. The highest BCUT2D eigenvalue weighted by Gasteiger charge is 2.08. The molecule has 1 heterocycles. The van der Waals surface area contributed by atoms with E-state index in [-0.39, 0.29) is 5.91 Å². The molecule has 0 saturated heterocycles. The summed E-state index contributed by atoms with van der Waals surface area (Å²) < 4.78 is 0. The van der Waals surface area contributed by atoms with Gasteiger partial charge in [-0.25, -0.2) is 4.98 Å². The van der Waals surface area contributed by atoms with Crippen LogP contribution < -0.4 is 10.6 Å². The molecule has 5 heteroatoms. The second kappa shape index (κ2) is 7.07. The van der Waals surface area contributed by atoms with Crippen molar-refractivity contribution in [2.24, 2.45) is 0 Å². The molecule has 0 bridgehead atoms. The van der Waals surface area contributed by atoms with Crippen LogP contribution in [0.25, 0.3) is 0 Å². The van der Waals surface area contributed by atoms with E-state index in [0.29, 0.717) is 16.9 Å². The fourth-order valence-corrected chi connectivity index (χ4v) is 2.15. The summed E-state index contributed by atoms with van der Waals surface area (Å²) in [5, 5.41) is 14.8. The molecule has 0 unspecified atom stereocenters. The van der Waals surface area contributed by atoms with Crippen LogP contribution >= 0.6 is 0 Å². The average Bonchev–Trinajstić information content (AvgIpc) is 2.63. The van der Waals surface area contributed by atoms with E-state index in [9.17, 15) is 4.79 Å². The molecule has 0 atom stereocenters. The number of nitriles is 1. The number of aromatic nitrogens is 1. The Bertz CT molecular complexity index is 883. The quantitative estimate of drug-likeness (QED) is 0.764. The minimum absolute atomic E-state index is 0.302. The molecule has 0 spiro atoms.